The molecule has 0 saturated carbocycles. The van der Waals surface area contributed by atoms with E-state index in [4.69, 9.17) is 0 Å². The minimum atomic E-state index is -3.38. The van der Waals surface area contributed by atoms with Gasteiger partial charge in [-0.25, -0.2) is 8.42 Å². The number of carbonyl (C=O) groups is 1. The summed E-state index contributed by atoms with van der Waals surface area (Å²) in [5, 5.41) is -0.980. The van der Waals surface area contributed by atoms with E-state index in [9.17, 15) is 13.2 Å². The van der Waals surface area contributed by atoms with E-state index in [1.165, 1.54) is 7.11 Å². The summed E-state index contributed by atoms with van der Waals surface area (Å²) in [4.78, 5) is 11.5. The van der Waals surface area contributed by atoms with Crippen LogP contribution in [0.1, 0.15) is 46.5 Å². The predicted molar refractivity (Wildman–Crippen MR) is 68.6 cm³/mol. The summed E-state index contributed by atoms with van der Waals surface area (Å²) in [6, 6.07) is 0. The molecule has 4 nitrogen and oxygen atoms in total. The van der Waals surface area contributed by atoms with Crippen molar-refractivity contribution in [2.24, 2.45) is 5.92 Å². The van der Waals surface area contributed by atoms with Gasteiger partial charge in [0.1, 0.15) is 0 Å². The molecule has 1 unspecified atom stereocenters. The minimum absolute atomic E-state index is 0.0636. The second-order valence-corrected chi connectivity index (χ2v) is 7.01. The summed E-state index contributed by atoms with van der Waals surface area (Å²) in [7, 11) is -2.14. The molecule has 17 heavy (non-hydrogen) atoms. The van der Waals surface area contributed by atoms with Gasteiger partial charge in [0.15, 0.2) is 15.1 Å². The number of hydrogen-bond acceptors (Lipinski definition) is 4. The molecule has 0 aliphatic carbocycles. The number of unbranched alkanes of at least 4 members (excludes halogenated alkanes) is 1. The van der Waals surface area contributed by atoms with Crippen molar-refractivity contribution in [3.8, 4) is 0 Å². The highest BCUT2D eigenvalue weighted by atomic mass is 32.2. The summed E-state index contributed by atoms with van der Waals surface area (Å²) in [5.41, 5.74) is 0. The SMILES string of the molecule is CCCCC(C(=O)OC)S(=O)(=O)CCC(C)C. The number of carbonyl (C=O) groups excluding carboxylic acids is 1. The van der Waals surface area contributed by atoms with Gasteiger partial charge in [0.25, 0.3) is 0 Å². The van der Waals surface area contributed by atoms with Crippen molar-refractivity contribution in [3.05, 3.63) is 0 Å². The summed E-state index contributed by atoms with van der Waals surface area (Å²) in [5.74, 6) is -0.245. The van der Waals surface area contributed by atoms with Crippen LogP contribution in [0.2, 0.25) is 0 Å². The number of ether oxygens (including phenoxy) is 1. The third-order valence-electron chi connectivity index (χ3n) is 2.70. The van der Waals surface area contributed by atoms with Crippen LogP contribution in [0.25, 0.3) is 0 Å². The van der Waals surface area contributed by atoms with Gasteiger partial charge in [0.2, 0.25) is 0 Å². The van der Waals surface area contributed by atoms with Crippen LogP contribution in [0.15, 0.2) is 0 Å². The van der Waals surface area contributed by atoms with E-state index in [0.717, 1.165) is 12.8 Å². The first-order chi connectivity index (χ1) is 7.85. The highest BCUT2D eigenvalue weighted by Gasteiger charge is 2.32. The molecule has 0 aromatic carbocycles. The quantitative estimate of drug-likeness (QED) is 0.630. The van der Waals surface area contributed by atoms with Crippen LogP contribution in [-0.4, -0.2) is 32.5 Å². The van der Waals surface area contributed by atoms with Gasteiger partial charge in [-0.3, -0.25) is 4.79 Å². The lowest BCUT2D eigenvalue weighted by Gasteiger charge is -2.15. The molecular weight excluding hydrogens is 240 g/mol. The van der Waals surface area contributed by atoms with Crippen molar-refractivity contribution in [3.63, 3.8) is 0 Å². The molecule has 0 aromatic heterocycles. The van der Waals surface area contributed by atoms with Crippen molar-refractivity contribution < 1.29 is 17.9 Å². The van der Waals surface area contributed by atoms with E-state index in [-0.39, 0.29) is 5.75 Å². The molecule has 1 atom stereocenters. The molecule has 0 radical (unpaired) electrons. The normalized spacial score (nSPS) is 13.7. The lowest BCUT2D eigenvalue weighted by atomic mass is 10.2. The largest absolute Gasteiger partial charge is 0.468 e. The first kappa shape index (κ1) is 16.4. The first-order valence-electron chi connectivity index (χ1n) is 6.14. The molecule has 0 rings (SSSR count). The molecule has 0 heterocycles. The Morgan fingerprint density at radius 3 is 2.24 bits per heavy atom. The zero-order valence-corrected chi connectivity index (χ0v) is 12.0. The predicted octanol–water partition coefficient (Wildman–Crippen LogP) is 2.18. The molecule has 102 valence electrons. The van der Waals surface area contributed by atoms with Crippen LogP contribution in [0.5, 0.6) is 0 Å². The summed E-state index contributed by atoms with van der Waals surface area (Å²) in [6.45, 7) is 5.90. The lowest BCUT2D eigenvalue weighted by Crippen LogP contribution is -2.33. The van der Waals surface area contributed by atoms with E-state index in [2.05, 4.69) is 4.74 Å². The average molecular weight is 264 g/mol. The lowest BCUT2D eigenvalue weighted by molar-refractivity contribution is -0.140. The number of methoxy groups -OCH3 is 1. The number of esters is 1. The third-order valence-corrected chi connectivity index (χ3v) is 4.80. The Kier molecular flexibility index (Phi) is 7.43. The van der Waals surface area contributed by atoms with Crippen molar-refractivity contribution in [1.29, 1.82) is 0 Å². The Bertz CT molecular complexity index is 319. The Morgan fingerprint density at radius 2 is 1.82 bits per heavy atom. The minimum Gasteiger partial charge on any atom is -0.468 e. The van der Waals surface area contributed by atoms with Crippen LogP contribution in [0.4, 0.5) is 0 Å². The number of sulfone groups is 1. The smallest absolute Gasteiger partial charge is 0.324 e. The topological polar surface area (TPSA) is 60.4 Å². The molecule has 0 saturated heterocycles. The third kappa shape index (κ3) is 6.05. The Labute approximate surface area is 105 Å². The monoisotopic (exact) mass is 264 g/mol. The molecular formula is C12H24O4S. The van der Waals surface area contributed by atoms with Crippen LogP contribution >= 0.6 is 0 Å². The molecule has 0 aliphatic heterocycles. The first-order valence-corrected chi connectivity index (χ1v) is 7.86. The maximum atomic E-state index is 12.0. The summed E-state index contributed by atoms with van der Waals surface area (Å²) < 4.78 is 28.7. The van der Waals surface area contributed by atoms with Crippen molar-refractivity contribution in [2.45, 2.75) is 51.7 Å². The van der Waals surface area contributed by atoms with Crippen LogP contribution in [0, 0.1) is 5.92 Å². The zero-order chi connectivity index (χ0) is 13.5. The van der Waals surface area contributed by atoms with E-state index in [1.54, 1.807) is 0 Å². The molecule has 0 spiro atoms. The maximum absolute atomic E-state index is 12.0. The average Bonchev–Trinajstić information content (AvgIpc) is 2.26. The van der Waals surface area contributed by atoms with Gasteiger partial charge in [-0.2, -0.15) is 0 Å². The fourth-order valence-electron chi connectivity index (χ4n) is 1.51. The Morgan fingerprint density at radius 1 is 1.24 bits per heavy atom. The molecule has 0 fully saturated rings. The second-order valence-electron chi connectivity index (χ2n) is 4.70. The van der Waals surface area contributed by atoms with E-state index in [1.807, 2.05) is 20.8 Å². The summed E-state index contributed by atoms with van der Waals surface area (Å²) in [6.07, 6.45) is 2.54. The highest BCUT2D eigenvalue weighted by molar-refractivity contribution is 7.92. The molecule has 5 heteroatoms. The molecule has 0 N–H and O–H groups in total. The molecule has 0 aliphatic rings. The fraction of sp³-hybridized carbons (Fsp3) is 0.917. The molecule has 0 aromatic rings. The summed E-state index contributed by atoms with van der Waals surface area (Å²) >= 11 is 0. The van der Waals surface area contributed by atoms with Crippen molar-refractivity contribution >= 4 is 15.8 Å². The molecule has 0 bridgehead atoms. The van der Waals surface area contributed by atoms with E-state index in [0.29, 0.717) is 18.8 Å². The van der Waals surface area contributed by atoms with Crippen molar-refractivity contribution in [1.82, 2.24) is 0 Å². The van der Waals surface area contributed by atoms with Gasteiger partial charge in [-0.05, 0) is 18.8 Å². The standard InChI is InChI=1S/C12H24O4S/c1-5-6-7-11(12(13)16-4)17(14,15)9-8-10(2)3/h10-11H,5-9H2,1-4H3. The number of rotatable bonds is 8. The highest BCUT2D eigenvalue weighted by Crippen LogP contribution is 2.15. The van der Waals surface area contributed by atoms with Gasteiger partial charge in [-0.15, -0.1) is 0 Å². The van der Waals surface area contributed by atoms with Gasteiger partial charge in [-0.1, -0.05) is 33.6 Å². The maximum Gasteiger partial charge on any atom is 0.324 e. The fourth-order valence-corrected chi connectivity index (χ4v) is 3.51. The Balaban J connectivity index is 4.70. The van der Waals surface area contributed by atoms with Gasteiger partial charge in [0.05, 0.1) is 12.9 Å². The van der Waals surface area contributed by atoms with Crippen molar-refractivity contribution in [2.75, 3.05) is 12.9 Å². The van der Waals surface area contributed by atoms with Crippen LogP contribution < -0.4 is 0 Å². The zero-order valence-electron chi connectivity index (χ0n) is 11.2. The second kappa shape index (κ2) is 7.69. The van der Waals surface area contributed by atoms with E-state index < -0.39 is 21.1 Å². The molecule has 0 amide bonds. The van der Waals surface area contributed by atoms with Gasteiger partial charge >= 0.3 is 5.97 Å². The van der Waals surface area contributed by atoms with E-state index >= 15 is 0 Å². The van der Waals surface area contributed by atoms with Crippen LogP contribution in [-0.2, 0) is 19.4 Å². The van der Waals surface area contributed by atoms with Gasteiger partial charge in [0, 0.05) is 0 Å². The number of hydrogen-bond donors (Lipinski definition) is 0. The Hall–Kier alpha value is -0.580. The van der Waals surface area contributed by atoms with Gasteiger partial charge < -0.3 is 4.74 Å². The van der Waals surface area contributed by atoms with Crippen LogP contribution in [0.3, 0.4) is 0 Å².